The zero-order valence-corrected chi connectivity index (χ0v) is 12.9. The molecule has 1 aliphatic heterocycles. The van der Waals surface area contributed by atoms with Crippen molar-refractivity contribution < 1.29 is 0 Å². The molecule has 2 aromatic heterocycles. The molecule has 20 heavy (non-hydrogen) atoms. The van der Waals surface area contributed by atoms with Crippen molar-refractivity contribution in [3.8, 4) is 0 Å². The van der Waals surface area contributed by atoms with Gasteiger partial charge in [-0.1, -0.05) is 6.92 Å². The average Bonchev–Trinajstić information content (AvgIpc) is 3.11. The van der Waals surface area contributed by atoms with Gasteiger partial charge < -0.3 is 9.88 Å². The number of hydrogen-bond donors (Lipinski definition) is 1. The van der Waals surface area contributed by atoms with E-state index in [1.165, 1.54) is 17.7 Å². The van der Waals surface area contributed by atoms with Crippen LogP contribution in [0.15, 0.2) is 6.20 Å². The predicted molar refractivity (Wildman–Crippen MR) is 79.7 cm³/mol. The molecule has 0 saturated heterocycles. The van der Waals surface area contributed by atoms with Crippen molar-refractivity contribution in [1.82, 2.24) is 25.1 Å². The van der Waals surface area contributed by atoms with E-state index in [4.69, 9.17) is 0 Å². The molecule has 0 spiro atoms. The second-order valence-electron chi connectivity index (χ2n) is 5.26. The van der Waals surface area contributed by atoms with E-state index in [0.717, 1.165) is 42.6 Å². The van der Waals surface area contributed by atoms with Crippen molar-refractivity contribution in [2.24, 2.45) is 0 Å². The van der Waals surface area contributed by atoms with E-state index in [0.29, 0.717) is 0 Å². The predicted octanol–water partition coefficient (Wildman–Crippen LogP) is 2.48. The first-order valence-electron chi connectivity index (χ1n) is 7.37. The van der Waals surface area contributed by atoms with E-state index in [9.17, 15) is 0 Å². The van der Waals surface area contributed by atoms with E-state index in [1.54, 1.807) is 11.3 Å². The Labute approximate surface area is 123 Å². The van der Waals surface area contributed by atoms with Crippen LogP contribution >= 0.6 is 11.3 Å². The fraction of sp³-hybridized carbons (Fsp3) is 0.643. The third kappa shape index (κ3) is 2.76. The molecule has 1 atom stereocenters. The highest BCUT2D eigenvalue weighted by Crippen LogP contribution is 2.21. The lowest BCUT2D eigenvalue weighted by atomic mass is 10.2. The maximum absolute atomic E-state index is 4.49. The number of aryl methyl sites for hydroxylation is 2. The van der Waals surface area contributed by atoms with Gasteiger partial charge in [0.1, 0.15) is 16.7 Å². The van der Waals surface area contributed by atoms with Crippen molar-refractivity contribution in [1.29, 1.82) is 0 Å². The molecule has 0 fully saturated rings. The molecule has 1 aliphatic rings. The molecule has 0 amide bonds. The minimum Gasteiger partial charge on any atom is -0.314 e. The minimum absolute atomic E-state index is 0.261. The van der Waals surface area contributed by atoms with E-state index >= 15 is 0 Å². The molecule has 108 valence electrons. The number of rotatable bonds is 5. The summed E-state index contributed by atoms with van der Waals surface area (Å²) in [5.74, 6) is 2.20. The first-order valence-corrected chi connectivity index (χ1v) is 8.18. The van der Waals surface area contributed by atoms with Gasteiger partial charge in [-0.2, -0.15) is 0 Å². The highest BCUT2D eigenvalue weighted by Gasteiger charge is 2.17. The van der Waals surface area contributed by atoms with Gasteiger partial charge >= 0.3 is 0 Å². The molecule has 3 heterocycles. The standard InChI is InChI=1S/C14H21N5S/c1-3-11-8-16-14(20-11)10(2)15-9-13-18-17-12-6-4-5-7-19(12)13/h8,10,15H,3-7,9H2,1-2H3. The topological polar surface area (TPSA) is 55.6 Å². The normalized spacial score (nSPS) is 16.1. The van der Waals surface area contributed by atoms with Crippen LogP contribution in [0.2, 0.25) is 0 Å². The summed E-state index contributed by atoms with van der Waals surface area (Å²) in [5, 5.41) is 13.3. The lowest BCUT2D eigenvalue weighted by molar-refractivity contribution is 0.483. The van der Waals surface area contributed by atoms with Gasteiger partial charge in [0.2, 0.25) is 0 Å². The molecule has 0 aromatic carbocycles. The third-order valence-corrected chi connectivity index (χ3v) is 5.12. The van der Waals surface area contributed by atoms with Gasteiger partial charge in [0.25, 0.3) is 0 Å². The summed E-state index contributed by atoms with van der Waals surface area (Å²) >= 11 is 1.79. The monoisotopic (exact) mass is 291 g/mol. The Balaban J connectivity index is 1.63. The molecular formula is C14H21N5S. The van der Waals surface area contributed by atoms with Crippen LogP contribution < -0.4 is 5.32 Å². The van der Waals surface area contributed by atoms with Gasteiger partial charge in [-0.05, 0) is 26.2 Å². The van der Waals surface area contributed by atoms with Crippen LogP contribution in [-0.2, 0) is 25.9 Å². The highest BCUT2D eigenvalue weighted by atomic mass is 32.1. The fourth-order valence-corrected chi connectivity index (χ4v) is 3.40. The van der Waals surface area contributed by atoms with Crippen molar-refractivity contribution in [3.05, 3.63) is 27.7 Å². The number of fused-ring (bicyclic) bond motifs is 1. The molecule has 0 aliphatic carbocycles. The summed E-state index contributed by atoms with van der Waals surface area (Å²) in [5.41, 5.74) is 0. The molecule has 2 aromatic rings. The van der Waals surface area contributed by atoms with Crippen LogP contribution in [0.3, 0.4) is 0 Å². The zero-order chi connectivity index (χ0) is 13.9. The van der Waals surface area contributed by atoms with Crippen LogP contribution in [0, 0.1) is 0 Å². The fourth-order valence-electron chi connectivity index (χ4n) is 2.52. The van der Waals surface area contributed by atoms with Crippen LogP contribution in [0.5, 0.6) is 0 Å². The lowest BCUT2D eigenvalue weighted by Gasteiger charge is -2.16. The number of nitrogens with zero attached hydrogens (tertiary/aromatic N) is 4. The summed E-state index contributed by atoms with van der Waals surface area (Å²) in [6, 6.07) is 0.261. The summed E-state index contributed by atoms with van der Waals surface area (Å²) in [6.07, 6.45) is 6.58. The Hall–Kier alpha value is -1.27. The SMILES string of the molecule is CCc1cnc(C(C)NCc2nnc3n2CCCC3)s1. The Morgan fingerprint density at radius 3 is 3.10 bits per heavy atom. The number of hydrogen-bond acceptors (Lipinski definition) is 5. The molecule has 1 unspecified atom stereocenters. The van der Waals surface area contributed by atoms with Gasteiger partial charge in [-0.3, -0.25) is 0 Å². The summed E-state index contributed by atoms with van der Waals surface area (Å²) < 4.78 is 2.27. The zero-order valence-electron chi connectivity index (χ0n) is 12.1. The molecule has 5 nitrogen and oxygen atoms in total. The Morgan fingerprint density at radius 1 is 1.40 bits per heavy atom. The van der Waals surface area contributed by atoms with Crippen LogP contribution in [0.25, 0.3) is 0 Å². The Morgan fingerprint density at radius 2 is 2.30 bits per heavy atom. The molecule has 0 saturated carbocycles. The largest absolute Gasteiger partial charge is 0.314 e. The van der Waals surface area contributed by atoms with Crippen molar-refractivity contribution in [3.63, 3.8) is 0 Å². The van der Waals surface area contributed by atoms with E-state index in [1.807, 2.05) is 6.20 Å². The molecule has 1 N–H and O–H groups in total. The number of nitrogens with one attached hydrogen (secondary N) is 1. The van der Waals surface area contributed by atoms with Crippen molar-refractivity contribution >= 4 is 11.3 Å². The van der Waals surface area contributed by atoms with Crippen LogP contribution in [-0.4, -0.2) is 19.7 Å². The molecule has 3 rings (SSSR count). The highest BCUT2D eigenvalue weighted by molar-refractivity contribution is 7.11. The second kappa shape index (κ2) is 6.01. The van der Waals surface area contributed by atoms with Crippen LogP contribution in [0.4, 0.5) is 0 Å². The van der Waals surface area contributed by atoms with E-state index < -0.39 is 0 Å². The number of thiazole rings is 1. The molecule has 6 heteroatoms. The van der Waals surface area contributed by atoms with Crippen molar-refractivity contribution in [2.75, 3.05) is 0 Å². The lowest BCUT2D eigenvalue weighted by Crippen LogP contribution is -2.22. The average molecular weight is 291 g/mol. The summed E-state index contributed by atoms with van der Waals surface area (Å²) in [6.45, 7) is 6.14. The van der Waals surface area contributed by atoms with Gasteiger partial charge in [0.15, 0.2) is 0 Å². The van der Waals surface area contributed by atoms with Crippen LogP contribution in [0.1, 0.15) is 54.3 Å². The van der Waals surface area contributed by atoms with Gasteiger partial charge in [-0.15, -0.1) is 21.5 Å². The maximum atomic E-state index is 4.49. The maximum Gasteiger partial charge on any atom is 0.147 e. The van der Waals surface area contributed by atoms with Crippen molar-refractivity contribution in [2.45, 2.75) is 58.7 Å². The quantitative estimate of drug-likeness (QED) is 0.919. The third-order valence-electron chi connectivity index (χ3n) is 3.79. The summed E-state index contributed by atoms with van der Waals surface area (Å²) in [7, 11) is 0. The van der Waals surface area contributed by atoms with Gasteiger partial charge in [-0.25, -0.2) is 4.98 Å². The minimum atomic E-state index is 0.261. The first kappa shape index (κ1) is 13.7. The summed E-state index contributed by atoms with van der Waals surface area (Å²) in [4.78, 5) is 5.83. The van der Waals surface area contributed by atoms with Gasteiger partial charge in [0, 0.05) is 24.0 Å². The van der Waals surface area contributed by atoms with E-state index in [-0.39, 0.29) is 6.04 Å². The Bertz CT molecular complexity index is 574. The van der Waals surface area contributed by atoms with E-state index in [2.05, 4.69) is 38.9 Å². The Kier molecular flexibility index (Phi) is 4.12. The molecule has 0 bridgehead atoms. The first-order chi connectivity index (χ1) is 9.78. The molecule has 0 radical (unpaired) electrons. The second-order valence-corrected chi connectivity index (χ2v) is 6.41. The number of aromatic nitrogens is 4. The van der Waals surface area contributed by atoms with Gasteiger partial charge in [0.05, 0.1) is 12.6 Å². The smallest absolute Gasteiger partial charge is 0.147 e. The molecular weight excluding hydrogens is 270 g/mol.